The van der Waals surface area contributed by atoms with Gasteiger partial charge in [0.2, 0.25) is 0 Å². The zero-order valence-electron chi connectivity index (χ0n) is 9.12. The molecular weight excluding hydrogens is 226 g/mol. The number of nitrogens with zero attached hydrogens (tertiary/aromatic N) is 1. The lowest BCUT2D eigenvalue weighted by molar-refractivity contribution is -0.385. The maximum absolute atomic E-state index is 11.2. The van der Waals surface area contributed by atoms with Gasteiger partial charge in [-0.3, -0.25) is 10.1 Å². The Morgan fingerprint density at radius 3 is 2.82 bits per heavy atom. The number of benzene rings is 1. The monoisotopic (exact) mass is 237 g/mol. The Morgan fingerprint density at radius 1 is 1.59 bits per heavy atom. The molecule has 1 N–H and O–H groups in total. The number of hydrogen-bond donors (Lipinski definition) is 1. The Hall–Kier alpha value is -2.21. The first-order chi connectivity index (χ1) is 8.10. The first-order valence-electron chi connectivity index (χ1n) is 4.74. The van der Waals surface area contributed by atoms with Crippen molar-refractivity contribution in [3.05, 3.63) is 45.5 Å². The fourth-order valence-electron chi connectivity index (χ4n) is 1.27. The van der Waals surface area contributed by atoms with Gasteiger partial charge in [0, 0.05) is 6.07 Å². The van der Waals surface area contributed by atoms with Crippen molar-refractivity contribution in [2.45, 2.75) is 0 Å². The number of carbonyl (C=O) groups is 1. The molecule has 0 atom stereocenters. The second kappa shape index (κ2) is 5.76. The number of carbonyl (C=O) groups excluding carboxylic acids is 1. The summed E-state index contributed by atoms with van der Waals surface area (Å²) in [6, 6.07) is 4.00. The summed E-state index contributed by atoms with van der Waals surface area (Å²) in [5.74, 6) is -0.634. The minimum absolute atomic E-state index is 0.111. The summed E-state index contributed by atoms with van der Waals surface area (Å²) >= 11 is 0. The lowest BCUT2D eigenvalue weighted by Gasteiger charge is -2.01. The molecule has 0 aromatic heterocycles. The van der Waals surface area contributed by atoms with Gasteiger partial charge in [0.05, 0.1) is 29.8 Å². The van der Waals surface area contributed by atoms with Crippen LogP contribution in [0, 0.1) is 10.1 Å². The molecule has 0 aliphatic carbocycles. The van der Waals surface area contributed by atoms with Crippen LogP contribution >= 0.6 is 0 Å². The Bertz CT molecular complexity index is 467. The lowest BCUT2D eigenvalue weighted by Crippen LogP contribution is -2.02. The van der Waals surface area contributed by atoms with Crippen molar-refractivity contribution in [1.29, 1.82) is 0 Å². The normalized spacial score (nSPS) is 10.5. The zero-order valence-corrected chi connectivity index (χ0v) is 9.12. The van der Waals surface area contributed by atoms with Crippen LogP contribution in [0.25, 0.3) is 6.08 Å². The standard InChI is InChI=1S/C11H11NO5/c1-17-11(14)9-5-4-8(3-2-6-13)10(7-9)12(15)16/h2-5,7,13H,6H2,1H3. The van der Waals surface area contributed by atoms with E-state index in [0.717, 1.165) is 6.07 Å². The molecule has 6 heteroatoms. The average molecular weight is 237 g/mol. The maximum atomic E-state index is 11.2. The van der Waals surface area contributed by atoms with Gasteiger partial charge in [-0.1, -0.05) is 6.08 Å². The zero-order chi connectivity index (χ0) is 12.8. The van der Waals surface area contributed by atoms with Crippen molar-refractivity contribution >= 4 is 17.7 Å². The SMILES string of the molecule is COC(=O)c1ccc(C=CCO)c([N+](=O)[O-])c1. The van der Waals surface area contributed by atoms with Crippen LogP contribution in [-0.4, -0.2) is 29.7 Å². The highest BCUT2D eigenvalue weighted by molar-refractivity contribution is 5.90. The number of hydrogen-bond acceptors (Lipinski definition) is 5. The molecule has 0 radical (unpaired) electrons. The van der Waals surface area contributed by atoms with E-state index in [1.54, 1.807) is 0 Å². The van der Waals surface area contributed by atoms with Gasteiger partial charge in [0.25, 0.3) is 5.69 Å². The number of rotatable bonds is 4. The number of esters is 1. The molecule has 1 aromatic carbocycles. The fraction of sp³-hybridized carbons (Fsp3) is 0.182. The third kappa shape index (κ3) is 3.12. The van der Waals surface area contributed by atoms with Gasteiger partial charge in [-0.05, 0) is 18.2 Å². The second-order valence-corrected chi connectivity index (χ2v) is 3.11. The van der Waals surface area contributed by atoms with E-state index < -0.39 is 10.9 Å². The molecule has 0 aliphatic rings. The van der Waals surface area contributed by atoms with Gasteiger partial charge in [-0.15, -0.1) is 0 Å². The van der Waals surface area contributed by atoms with Gasteiger partial charge in [0.1, 0.15) is 0 Å². The molecule has 0 fully saturated rings. The first kappa shape index (κ1) is 12.9. The van der Waals surface area contributed by atoms with E-state index in [0.29, 0.717) is 5.56 Å². The molecule has 6 nitrogen and oxygen atoms in total. The molecule has 1 rings (SSSR count). The minimum atomic E-state index is -0.634. The van der Waals surface area contributed by atoms with Crippen LogP contribution in [0.5, 0.6) is 0 Å². The van der Waals surface area contributed by atoms with E-state index in [9.17, 15) is 14.9 Å². The highest BCUT2D eigenvalue weighted by Crippen LogP contribution is 2.22. The van der Waals surface area contributed by atoms with E-state index in [1.165, 1.54) is 31.4 Å². The largest absolute Gasteiger partial charge is 0.465 e. The summed E-state index contributed by atoms with van der Waals surface area (Å²) in [6.45, 7) is -0.212. The van der Waals surface area contributed by atoms with Crippen molar-refractivity contribution in [2.24, 2.45) is 0 Å². The summed E-state index contributed by atoms with van der Waals surface area (Å²) in [4.78, 5) is 21.4. The summed E-state index contributed by atoms with van der Waals surface area (Å²) in [6.07, 6.45) is 2.79. The summed E-state index contributed by atoms with van der Waals surface area (Å²) < 4.78 is 4.47. The van der Waals surface area contributed by atoms with Crippen LogP contribution in [0.3, 0.4) is 0 Å². The smallest absolute Gasteiger partial charge is 0.338 e. The Balaban J connectivity index is 3.22. The van der Waals surface area contributed by atoms with Crippen molar-refractivity contribution in [1.82, 2.24) is 0 Å². The van der Waals surface area contributed by atoms with Crippen LogP contribution in [0.15, 0.2) is 24.3 Å². The molecule has 0 saturated heterocycles. The number of nitro groups is 1. The van der Waals surface area contributed by atoms with Crippen molar-refractivity contribution < 1.29 is 19.6 Å². The fourth-order valence-corrected chi connectivity index (χ4v) is 1.27. The van der Waals surface area contributed by atoms with E-state index >= 15 is 0 Å². The van der Waals surface area contributed by atoms with Crippen LogP contribution in [0.4, 0.5) is 5.69 Å². The van der Waals surface area contributed by atoms with Gasteiger partial charge in [-0.2, -0.15) is 0 Å². The Kier molecular flexibility index (Phi) is 4.36. The molecule has 0 saturated carbocycles. The molecule has 0 bridgehead atoms. The summed E-state index contributed by atoms with van der Waals surface area (Å²) in [7, 11) is 1.20. The minimum Gasteiger partial charge on any atom is -0.465 e. The number of methoxy groups -OCH3 is 1. The van der Waals surface area contributed by atoms with Crippen molar-refractivity contribution in [2.75, 3.05) is 13.7 Å². The van der Waals surface area contributed by atoms with Gasteiger partial charge >= 0.3 is 5.97 Å². The predicted molar refractivity (Wildman–Crippen MR) is 60.6 cm³/mol. The molecule has 0 heterocycles. The van der Waals surface area contributed by atoms with Gasteiger partial charge in [-0.25, -0.2) is 4.79 Å². The molecular formula is C11H11NO5. The average Bonchev–Trinajstić information content (AvgIpc) is 2.35. The van der Waals surface area contributed by atoms with Gasteiger partial charge in [0.15, 0.2) is 0 Å². The number of nitro benzene ring substituents is 1. The molecule has 0 spiro atoms. The Labute approximate surface area is 97.3 Å². The lowest BCUT2D eigenvalue weighted by atomic mass is 10.1. The summed E-state index contributed by atoms with van der Waals surface area (Å²) in [5.41, 5.74) is 0.217. The van der Waals surface area contributed by atoms with E-state index in [4.69, 9.17) is 5.11 Å². The Morgan fingerprint density at radius 2 is 2.29 bits per heavy atom. The molecule has 1 aromatic rings. The van der Waals surface area contributed by atoms with E-state index in [1.807, 2.05) is 0 Å². The van der Waals surface area contributed by atoms with Crippen molar-refractivity contribution in [3.63, 3.8) is 0 Å². The highest BCUT2D eigenvalue weighted by atomic mass is 16.6. The number of ether oxygens (including phenoxy) is 1. The number of aliphatic hydroxyl groups is 1. The van der Waals surface area contributed by atoms with Gasteiger partial charge < -0.3 is 9.84 Å². The van der Waals surface area contributed by atoms with E-state index in [-0.39, 0.29) is 17.9 Å². The van der Waals surface area contributed by atoms with E-state index in [2.05, 4.69) is 4.74 Å². The molecule has 0 unspecified atom stereocenters. The number of aliphatic hydroxyl groups excluding tert-OH is 1. The van der Waals surface area contributed by atoms with Crippen LogP contribution in [-0.2, 0) is 4.74 Å². The van der Waals surface area contributed by atoms with Crippen LogP contribution in [0.1, 0.15) is 15.9 Å². The third-order valence-electron chi connectivity index (χ3n) is 2.05. The molecule has 90 valence electrons. The first-order valence-corrected chi connectivity index (χ1v) is 4.74. The topological polar surface area (TPSA) is 89.7 Å². The summed E-state index contributed by atoms with van der Waals surface area (Å²) in [5, 5.41) is 19.4. The molecule has 0 amide bonds. The quantitative estimate of drug-likeness (QED) is 0.485. The predicted octanol–water partition coefficient (Wildman–Crippen LogP) is 1.39. The maximum Gasteiger partial charge on any atom is 0.338 e. The van der Waals surface area contributed by atoms with Crippen LogP contribution < -0.4 is 0 Å². The highest BCUT2D eigenvalue weighted by Gasteiger charge is 2.16. The molecule has 17 heavy (non-hydrogen) atoms. The third-order valence-corrected chi connectivity index (χ3v) is 2.05. The van der Waals surface area contributed by atoms with Crippen molar-refractivity contribution in [3.8, 4) is 0 Å². The second-order valence-electron chi connectivity index (χ2n) is 3.11. The molecule has 0 aliphatic heterocycles. The van der Waals surface area contributed by atoms with Crippen LogP contribution in [0.2, 0.25) is 0 Å².